The van der Waals surface area contributed by atoms with E-state index >= 15 is 0 Å². The highest BCUT2D eigenvalue weighted by molar-refractivity contribution is 7.89. The van der Waals surface area contributed by atoms with E-state index in [1.807, 2.05) is 6.07 Å². The maximum atomic E-state index is 12.5. The van der Waals surface area contributed by atoms with E-state index < -0.39 is 10.0 Å². The Bertz CT molecular complexity index is 640. The zero-order valence-electron chi connectivity index (χ0n) is 11.2. The molecule has 1 aromatic carbocycles. The van der Waals surface area contributed by atoms with Crippen molar-refractivity contribution in [2.45, 2.75) is 37.1 Å². The predicted octanol–water partition coefficient (Wildman–Crippen LogP) is 1.96. The van der Waals surface area contributed by atoms with E-state index in [0.29, 0.717) is 5.56 Å². The van der Waals surface area contributed by atoms with Crippen LogP contribution in [0.4, 0.5) is 0 Å². The number of nitriles is 1. The highest BCUT2D eigenvalue weighted by Crippen LogP contribution is 2.32. The van der Waals surface area contributed by atoms with Gasteiger partial charge in [0.25, 0.3) is 0 Å². The Labute approximate surface area is 118 Å². The van der Waals surface area contributed by atoms with Crippen molar-refractivity contribution in [1.29, 1.82) is 5.26 Å². The number of Topliss-reactive ketones (excluding diaryl/α,β-unsaturated/α-hetero) is 1. The summed E-state index contributed by atoms with van der Waals surface area (Å²) < 4.78 is 26.5. The Morgan fingerprint density at radius 3 is 2.40 bits per heavy atom. The topological polar surface area (TPSA) is 78.2 Å². The van der Waals surface area contributed by atoms with E-state index in [9.17, 15) is 13.2 Å². The summed E-state index contributed by atoms with van der Waals surface area (Å²) in [6, 6.07) is 7.93. The Hall–Kier alpha value is -1.71. The molecule has 1 fully saturated rings. The standard InChI is InChI=1S/C14H16N2O3S/c1-11(17)12-3-7-14(8-4-12)20(18,19)16(10-2-9-15)13-5-6-13/h3-4,7-8,13H,2,5-6,10H2,1H3. The Morgan fingerprint density at radius 2 is 1.95 bits per heavy atom. The fourth-order valence-corrected chi connectivity index (χ4v) is 3.70. The van der Waals surface area contributed by atoms with Gasteiger partial charge in [0.15, 0.2) is 5.78 Å². The van der Waals surface area contributed by atoms with Gasteiger partial charge in [-0.2, -0.15) is 9.57 Å². The van der Waals surface area contributed by atoms with Gasteiger partial charge in [0.2, 0.25) is 10.0 Å². The van der Waals surface area contributed by atoms with Gasteiger partial charge in [-0.15, -0.1) is 0 Å². The first-order valence-corrected chi connectivity index (χ1v) is 7.90. The van der Waals surface area contributed by atoms with Gasteiger partial charge < -0.3 is 0 Å². The number of rotatable bonds is 6. The van der Waals surface area contributed by atoms with Crippen LogP contribution in [-0.2, 0) is 10.0 Å². The first-order chi connectivity index (χ1) is 9.46. The fourth-order valence-electron chi connectivity index (χ4n) is 2.02. The summed E-state index contributed by atoms with van der Waals surface area (Å²) in [6.07, 6.45) is 1.87. The summed E-state index contributed by atoms with van der Waals surface area (Å²) in [5.74, 6) is -0.0996. The molecule has 1 aromatic rings. The second-order valence-corrected chi connectivity index (χ2v) is 6.73. The van der Waals surface area contributed by atoms with Gasteiger partial charge in [0.1, 0.15) is 0 Å². The van der Waals surface area contributed by atoms with Gasteiger partial charge in [-0.25, -0.2) is 8.42 Å². The third kappa shape index (κ3) is 3.06. The van der Waals surface area contributed by atoms with Gasteiger partial charge >= 0.3 is 0 Å². The van der Waals surface area contributed by atoms with Crippen molar-refractivity contribution in [1.82, 2.24) is 4.31 Å². The quantitative estimate of drug-likeness (QED) is 0.751. The van der Waals surface area contributed by atoms with Crippen LogP contribution in [0.15, 0.2) is 29.2 Å². The van der Waals surface area contributed by atoms with E-state index in [2.05, 4.69) is 0 Å². The van der Waals surface area contributed by atoms with Crippen LogP contribution >= 0.6 is 0 Å². The molecule has 0 bridgehead atoms. The molecule has 0 radical (unpaired) electrons. The summed E-state index contributed by atoms with van der Waals surface area (Å²) in [6.45, 7) is 1.66. The maximum Gasteiger partial charge on any atom is 0.243 e. The van der Waals surface area contributed by atoms with Crippen molar-refractivity contribution in [2.24, 2.45) is 0 Å². The van der Waals surface area contributed by atoms with Crippen molar-refractivity contribution in [3.05, 3.63) is 29.8 Å². The minimum absolute atomic E-state index is 0.0147. The van der Waals surface area contributed by atoms with Gasteiger partial charge in [-0.05, 0) is 31.9 Å². The molecule has 0 aliphatic heterocycles. The van der Waals surface area contributed by atoms with Gasteiger partial charge in [-0.3, -0.25) is 4.79 Å². The minimum atomic E-state index is -3.58. The monoisotopic (exact) mass is 292 g/mol. The summed E-state index contributed by atoms with van der Waals surface area (Å²) >= 11 is 0. The van der Waals surface area contributed by atoms with Crippen LogP contribution in [-0.4, -0.2) is 31.1 Å². The number of carbonyl (C=O) groups excluding carboxylic acids is 1. The number of ketones is 1. The second-order valence-electron chi connectivity index (χ2n) is 4.84. The molecule has 0 saturated heterocycles. The van der Waals surface area contributed by atoms with Crippen molar-refractivity contribution in [2.75, 3.05) is 6.54 Å². The SMILES string of the molecule is CC(=O)c1ccc(S(=O)(=O)N(CCC#N)C2CC2)cc1. The molecular weight excluding hydrogens is 276 g/mol. The molecule has 1 aliphatic carbocycles. The molecule has 0 unspecified atom stereocenters. The summed E-state index contributed by atoms with van der Waals surface area (Å²) in [5.41, 5.74) is 0.485. The van der Waals surface area contributed by atoms with Crippen LogP contribution in [0, 0.1) is 11.3 Å². The van der Waals surface area contributed by atoms with Crippen molar-refractivity contribution in [3.8, 4) is 6.07 Å². The van der Waals surface area contributed by atoms with Crippen molar-refractivity contribution in [3.63, 3.8) is 0 Å². The maximum absolute atomic E-state index is 12.5. The second kappa shape index (κ2) is 5.73. The lowest BCUT2D eigenvalue weighted by Gasteiger charge is -2.20. The molecule has 106 valence electrons. The van der Waals surface area contributed by atoms with Crippen molar-refractivity contribution >= 4 is 15.8 Å². The number of carbonyl (C=O) groups is 1. The van der Waals surface area contributed by atoms with E-state index in [1.54, 1.807) is 0 Å². The van der Waals surface area contributed by atoms with Crippen LogP contribution < -0.4 is 0 Å². The number of benzene rings is 1. The minimum Gasteiger partial charge on any atom is -0.295 e. The Balaban J connectivity index is 2.27. The molecule has 0 aromatic heterocycles. The number of hydrogen-bond donors (Lipinski definition) is 0. The molecule has 1 saturated carbocycles. The van der Waals surface area contributed by atoms with Crippen LogP contribution in [0.1, 0.15) is 36.5 Å². The average molecular weight is 292 g/mol. The normalized spacial score (nSPS) is 15.1. The van der Waals surface area contributed by atoms with Crippen LogP contribution in [0.5, 0.6) is 0 Å². The number of sulfonamides is 1. The average Bonchev–Trinajstić information content (AvgIpc) is 3.23. The van der Waals surface area contributed by atoms with Gasteiger partial charge in [0.05, 0.1) is 11.0 Å². The van der Waals surface area contributed by atoms with Gasteiger partial charge in [0, 0.05) is 24.6 Å². The zero-order valence-corrected chi connectivity index (χ0v) is 12.1. The van der Waals surface area contributed by atoms with E-state index in [1.165, 1.54) is 35.5 Å². The molecule has 0 heterocycles. The smallest absolute Gasteiger partial charge is 0.243 e. The van der Waals surface area contributed by atoms with Gasteiger partial charge in [-0.1, -0.05) is 12.1 Å². The molecule has 0 atom stereocenters. The van der Waals surface area contributed by atoms with E-state index in [-0.39, 0.29) is 29.7 Å². The Kier molecular flexibility index (Phi) is 4.21. The molecule has 0 N–H and O–H groups in total. The largest absolute Gasteiger partial charge is 0.295 e. The van der Waals surface area contributed by atoms with Crippen LogP contribution in [0.2, 0.25) is 0 Å². The summed E-state index contributed by atoms with van der Waals surface area (Å²) in [7, 11) is -3.58. The first kappa shape index (κ1) is 14.7. The lowest BCUT2D eigenvalue weighted by molar-refractivity contribution is 0.101. The summed E-state index contributed by atoms with van der Waals surface area (Å²) in [5, 5.41) is 8.64. The van der Waals surface area contributed by atoms with Crippen LogP contribution in [0.25, 0.3) is 0 Å². The highest BCUT2D eigenvalue weighted by atomic mass is 32.2. The molecule has 0 spiro atoms. The highest BCUT2D eigenvalue weighted by Gasteiger charge is 2.37. The number of nitrogens with zero attached hydrogens (tertiary/aromatic N) is 2. The zero-order chi connectivity index (χ0) is 14.8. The lowest BCUT2D eigenvalue weighted by atomic mass is 10.2. The molecule has 0 amide bonds. The Morgan fingerprint density at radius 1 is 1.35 bits per heavy atom. The lowest BCUT2D eigenvalue weighted by Crippen LogP contribution is -2.34. The molecule has 2 rings (SSSR count). The van der Waals surface area contributed by atoms with Crippen molar-refractivity contribution < 1.29 is 13.2 Å². The fraction of sp³-hybridized carbons (Fsp3) is 0.429. The third-order valence-electron chi connectivity index (χ3n) is 3.27. The van der Waals surface area contributed by atoms with Crippen LogP contribution in [0.3, 0.4) is 0 Å². The van der Waals surface area contributed by atoms with E-state index in [4.69, 9.17) is 5.26 Å². The van der Waals surface area contributed by atoms with E-state index in [0.717, 1.165) is 12.8 Å². The molecular formula is C14H16N2O3S. The third-order valence-corrected chi connectivity index (χ3v) is 5.23. The molecule has 1 aliphatic rings. The number of hydrogen-bond acceptors (Lipinski definition) is 4. The first-order valence-electron chi connectivity index (χ1n) is 6.46. The predicted molar refractivity (Wildman–Crippen MR) is 73.6 cm³/mol. The molecule has 6 heteroatoms. The molecule has 5 nitrogen and oxygen atoms in total. The summed E-state index contributed by atoms with van der Waals surface area (Å²) in [4.78, 5) is 11.4. The molecule has 20 heavy (non-hydrogen) atoms.